The largest absolute Gasteiger partial charge is 0.376 e. The van der Waals surface area contributed by atoms with Crippen molar-refractivity contribution < 1.29 is 43.0 Å². The number of aliphatic hydroxyl groups is 1. The van der Waals surface area contributed by atoms with Crippen molar-refractivity contribution in [2.24, 2.45) is 0 Å². The quantitative estimate of drug-likeness (QED) is 0.629. The van der Waals surface area contributed by atoms with E-state index in [4.69, 9.17) is 37.9 Å². The summed E-state index contributed by atoms with van der Waals surface area (Å²) in [7, 11) is 7.74. The zero-order valence-corrected chi connectivity index (χ0v) is 14.7. The van der Waals surface area contributed by atoms with Crippen LogP contribution in [0, 0.1) is 0 Å². The molecule has 2 saturated heterocycles. The molecule has 2 rings (SSSR count). The summed E-state index contributed by atoms with van der Waals surface area (Å²) < 4.78 is 44.1. The van der Waals surface area contributed by atoms with Crippen molar-refractivity contribution in [1.82, 2.24) is 0 Å². The molecule has 24 heavy (non-hydrogen) atoms. The summed E-state index contributed by atoms with van der Waals surface area (Å²) in [6.45, 7) is 0.447. The van der Waals surface area contributed by atoms with Gasteiger partial charge in [-0.1, -0.05) is 0 Å². The molecule has 0 aliphatic carbocycles. The molecule has 0 bridgehead atoms. The third-order valence-electron chi connectivity index (χ3n) is 4.49. The molecule has 142 valence electrons. The van der Waals surface area contributed by atoms with E-state index in [0.717, 1.165) is 0 Å². The molecule has 8 unspecified atom stereocenters. The van der Waals surface area contributed by atoms with Gasteiger partial charge in [0.1, 0.15) is 36.6 Å². The van der Waals surface area contributed by atoms with Crippen LogP contribution in [0.25, 0.3) is 0 Å². The zero-order valence-electron chi connectivity index (χ0n) is 14.7. The summed E-state index contributed by atoms with van der Waals surface area (Å²) >= 11 is 0. The molecule has 9 heteroatoms. The van der Waals surface area contributed by atoms with E-state index in [1.807, 2.05) is 0 Å². The van der Waals surface area contributed by atoms with E-state index < -0.39 is 37.0 Å². The summed E-state index contributed by atoms with van der Waals surface area (Å²) in [6, 6.07) is 0. The Morgan fingerprint density at radius 2 is 1.21 bits per heavy atom. The van der Waals surface area contributed by atoms with Crippen LogP contribution in [0.5, 0.6) is 0 Å². The lowest BCUT2D eigenvalue weighted by Crippen LogP contribution is -2.60. The van der Waals surface area contributed by atoms with Crippen LogP contribution < -0.4 is 0 Å². The maximum Gasteiger partial charge on any atom is 0.187 e. The maximum absolute atomic E-state index is 9.86. The molecule has 0 aromatic rings. The molecule has 0 aromatic carbocycles. The standard InChI is InChI=1S/C15H28O9/c1-17-8-6-23-15(13(21-5)10(8)18-2)24-9-7-22-14(16)12(20-4)11(9)19-3/h8-16H,6-7H2,1-5H3. The highest BCUT2D eigenvalue weighted by atomic mass is 16.7. The molecule has 9 nitrogen and oxygen atoms in total. The normalized spacial score (nSPS) is 43.8. The summed E-state index contributed by atoms with van der Waals surface area (Å²) in [5.74, 6) is 0. The molecule has 0 radical (unpaired) electrons. The van der Waals surface area contributed by atoms with E-state index in [9.17, 15) is 5.11 Å². The minimum Gasteiger partial charge on any atom is -0.376 e. The topological polar surface area (TPSA) is 94.1 Å². The highest BCUT2D eigenvalue weighted by Crippen LogP contribution is 2.28. The van der Waals surface area contributed by atoms with Crippen LogP contribution in [-0.4, -0.2) is 103 Å². The van der Waals surface area contributed by atoms with Gasteiger partial charge in [0.25, 0.3) is 0 Å². The number of aliphatic hydroxyl groups excluding tert-OH is 1. The first-order valence-corrected chi connectivity index (χ1v) is 7.81. The smallest absolute Gasteiger partial charge is 0.187 e. The summed E-state index contributed by atoms with van der Waals surface area (Å²) in [4.78, 5) is 0. The van der Waals surface area contributed by atoms with Crippen LogP contribution in [-0.2, 0) is 37.9 Å². The first-order valence-electron chi connectivity index (χ1n) is 7.81. The molecule has 2 aliphatic rings. The Morgan fingerprint density at radius 1 is 0.667 bits per heavy atom. The lowest BCUT2D eigenvalue weighted by Gasteiger charge is -2.44. The predicted molar refractivity (Wildman–Crippen MR) is 80.6 cm³/mol. The minimum atomic E-state index is -1.07. The van der Waals surface area contributed by atoms with Gasteiger partial charge in [-0.25, -0.2) is 0 Å². The fourth-order valence-electron chi connectivity index (χ4n) is 3.18. The fraction of sp³-hybridized carbons (Fsp3) is 1.00. The lowest BCUT2D eigenvalue weighted by molar-refractivity contribution is -0.333. The van der Waals surface area contributed by atoms with Crippen LogP contribution in [0.15, 0.2) is 0 Å². The number of ether oxygens (including phenoxy) is 8. The van der Waals surface area contributed by atoms with Gasteiger partial charge in [-0.3, -0.25) is 0 Å². The average molecular weight is 352 g/mol. The first kappa shape index (κ1) is 20.0. The molecule has 2 fully saturated rings. The summed E-state index contributed by atoms with van der Waals surface area (Å²) in [5.41, 5.74) is 0. The number of hydrogen-bond acceptors (Lipinski definition) is 9. The molecule has 2 aliphatic heterocycles. The van der Waals surface area contributed by atoms with E-state index in [1.54, 1.807) is 21.3 Å². The van der Waals surface area contributed by atoms with Gasteiger partial charge in [-0.15, -0.1) is 0 Å². The monoisotopic (exact) mass is 352 g/mol. The van der Waals surface area contributed by atoms with Gasteiger partial charge in [-0.05, 0) is 0 Å². The second-order valence-corrected chi connectivity index (χ2v) is 5.68. The lowest BCUT2D eigenvalue weighted by atomic mass is 10.0. The Morgan fingerprint density at radius 3 is 1.75 bits per heavy atom. The zero-order chi connectivity index (χ0) is 17.7. The van der Waals surface area contributed by atoms with Gasteiger partial charge in [0, 0.05) is 35.5 Å². The van der Waals surface area contributed by atoms with E-state index in [0.29, 0.717) is 6.61 Å². The average Bonchev–Trinajstić information content (AvgIpc) is 2.61. The second kappa shape index (κ2) is 9.37. The molecule has 0 spiro atoms. The van der Waals surface area contributed by atoms with Gasteiger partial charge >= 0.3 is 0 Å². The van der Waals surface area contributed by atoms with E-state index in [2.05, 4.69) is 0 Å². The van der Waals surface area contributed by atoms with Crippen molar-refractivity contribution in [3.63, 3.8) is 0 Å². The van der Waals surface area contributed by atoms with Crippen LogP contribution in [0.2, 0.25) is 0 Å². The molecular weight excluding hydrogens is 324 g/mol. The predicted octanol–water partition coefficient (Wildman–Crippen LogP) is -0.848. The Kier molecular flexibility index (Phi) is 7.79. The van der Waals surface area contributed by atoms with Crippen molar-refractivity contribution in [2.75, 3.05) is 48.8 Å². The highest BCUT2D eigenvalue weighted by molar-refractivity contribution is 4.90. The van der Waals surface area contributed by atoms with Gasteiger partial charge in [0.05, 0.1) is 13.2 Å². The third-order valence-corrected chi connectivity index (χ3v) is 4.49. The van der Waals surface area contributed by atoms with E-state index in [-0.39, 0.29) is 18.8 Å². The van der Waals surface area contributed by atoms with Gasteiger partial charge in [0.15, 0.2) is 12.6 Å². The Labute approximate surface area is 142 Å². The molecule has 0 amide bonds. The van der Waals surface area contributed by atoms with Crippen molar-refractivity contribution >= 4 is 0 Å². The third kappa shape index (κ3) is 4.06. The Hall–Kier alpha value is -0.360. The van der Waals surface area contributed by atoms with Gasteiger partial charge in [0.2, 0.25) is 0 Å². The maximum atomic E-state index is 9.86. The Bertz CT molecular complexity index is 369. The molecule has 0 saturated carbocycles. The molecule has 0 aromatic heterocycles. The van der Waals surface area contributed by atoms with Crippen molar-refractivity contribution in [3.8, 4) is 0 Å². The van der Waals surface area contributed by atoms with Gasteiger partial charge < -0.3 is 43.0 Å². The SMILES string of the molecule is COC1COC(OC2COC(O)C(OC)C2OC)C(OC)C1OC. The molecule has 1 N–H and O–H groups in total. The van der Waals surface area contributed by atoms with Gasteiger partial charge in [-0.2, -0.15) is 0 Å². The molecule has 8 atom stereocenters. The fourth-order valence-corrected chi connectivity index (χ4v) is 3.18. The summed E-state index contributed by atoms with van der Waals surface area (Å²) in [5, 5.41) is 9.86. The van der Waals surface area contributed by atoms with Crippen LogP contribution in [0.4, 0.5) is 0 Å². The van der Waals surface area contributed by atoms with E-state index in [1.165, 1.54) is 14.2 Å². The van der Waals surface area contributed by atoms with Crippen LogP contribution in [0.1, 0.15) is 0 Å². The molecular formula is C15H28O9. The van der Waals surface area contributed by atoms with Crippen molar-refractivity contribution in [2.45, 2.75) is 49.2 Å². The van der Waals surface area contributed by atoms with Crippen molar-refractivity contribution in [3.05, 3.63) is 0 Å². The number of hydrogen-bond donors (Lipinski definition) is 1. The Balaban J connectivity index is 2.07. The van der Waals surface area contributed by atoms with Crippen molar-refractivity contribution in [1.29, 1.82) is 0 Å². The number of methoxy groups -OCH3 is 5. The molecule has 2 heterocycles. The first-order chi connectivity index (χ1) is 11.6. The minimum absolute atomic E-state index is 0.140. The summed E-state index contributed by atoms with van der Waals surface area (Å²) in [6.07, 6.45) is -4.52. The number of rotatable bonds is 7. The van der Waals surface area contributed by atoms with Crippen LogP contribution >= 0.6 is 0 Å². The highest BCUT2D eigenvalue weighted by Gasteiger charge is 2.47. The van der Waals surface area contributed by atoms with E-state index >= 15 is 0 Å². The second-order valence-electron chi connectivity index (χ2n) is 5.68. The van der Waals surface area contributed by atoms with Crippen LogP contribution in [0.3, 0.4) is 0 Å².